The molecule has 0 atom stereocenters. The van der Waals surface area contributed by atoms with Gasteiger partial charge in [-0.1, -0.05) is 53.3 Å². The summed E-state index contributed by atoms with van der Waals surface area (Å²) >= 11 is 6.69. The SMILES string of the molecule is CN(Cc1ccccc1)c1sc(S(C)(=O)=O)nc1S(=O)(=O)c1ccc(Cl)cc1. The van der Waals surface area contributed by atoms with Crippen molar-refractivity contribution in [3.63, 3.8) is 0 Å². The third-order valence-corrected chi connectivity index (χ3v) is 8.78. The van der Waals surface area contributed by atoms with Crippen molar-refractivity contribution < 1.29 is 16.8 Å². The van der Waals surface area contributed by atoms with Crippen molar-refractivity contribution in [2.24, 2.45) is 0 Å². The zero-order valence-electron chi connectivity index (χ0n) is 15.0. The summed E-state index contributed by atoms with van der Waals surface area (Å²) < 4.78 is 50.1. The molecule has 0 fully saturated rings. The van der Waals surface area contributed by atoms with E-state index in [1.54, 1.807) is 11.9 Å². The Balaban J connectivity index is 2.11. The fourth-order valence-corrected chi connectivity index (χ4v) is 6.27. The molecule has 2 aromatic carbocycles. The highest BCUT2D eigenvalue weighted by molar-refractivity contribution is 7.93. The summed E-state index contributed by atoms with van der Waals surface area (Å²) in [5.74, 6) is 0. The van der Waals surface area contributed by atoms with Gasteiger partial charge in [0.05, 0.1) is 4.90 Å². The smallest absolute Gasteiger partial charge is 0.226 e. The molecule has 10 heteroatoms. The number of sulfone groups is 2. The summed E-state index contributed by atoms with van der Waals surface area (Å²) in [6.45, 7) is 0.398. The number of thiazole rings is 1. The molecule has 6 nitrogen and oxygen atoms in total. The van der Waals surface area contributed by atoms with E-state index in [2.05, 4.69) is 4.98 Å². The molecule has 148 valence electrons. The van der Waals surface area contributed by atoms with Crippen molar-refractivity contribution in [3.05, 3.63) is 65.2 Å². The van der Waals surface area contributed by atoms with Crippen molar-refractivity contribution in [1.82, 2.24) is 4.98 Å². The maximum atomic E-state index is 13.1. The van der Waals surface area contributed by atoms with Gasteiger partial charge in [0.15, 0.2) is 5.03 Å². The number of nitrogens with zero attached hydrogens (tertiary/aromatic N) is 2. The van der Waals surface area contributed by atoms with Gasteiger partial charge in [-0.3, -0.25) is 0 Å². The topological polar surface area (TPSA) is 84.4 Å². The highest BCUT2D eigenvalue weighted by Gasteiger charge is 2.30. The molecule has 28 heavy (non-hydrogen) atoms. The molecule has 0 radical (unpaired) electrons. The second-order valence-electron chi connectivity index (χ2n) is 6.16. The van der Waals surface area contributed by atoms with Gasteiger partial charge in [0.1, 0.15) is 5.00 Å². The van der Waals surface area contributed by atoms with E-state index < -0.39 is 19.7 Å². The Kier molecular flexibility index (Phi) is 5.81. The highest BCUT2D eigenvalue weighted by atomic mass is 35.5. The number of hydrogen-bond donors (Lipinski definition) is 0. The average Bonchev–Trinajstić information content (AvgIpc) is 3.10. The van der Waals surface area contributed by atoms with Crippen molar-refractivity contribution >= 4 is 47.6 Å². The first-order chi connectivity index (χ1) is 13.1. The normalized spacial score (nSPS) is 12.1. The van der Waals surface area contributed by atoms with E-state index in [1.165, 1.54) is 24.3 Å². The lowest BCUT2D eigenvalue weighted by molar-refractivity contribution is 0.590. The van der Waals surface area contributed by atoms with Crippen LogP contribution in [0.25, 0.3) is 0 Å². The zero-order valence-corrected chi connectivity index (χ0v) is 18.2. The number of hydrogen-bond acceptors (Lipinski definition) is 7. The van der Waals surface area contributed by atoms with E-state index in [9.17, 15) is 16.8 Å². The van der Waals surface area contributed by atoms with E-state index in [1.807, 2.05) is 30.3 Å². The van der Waals surface area contributed by atoms with Crippen LogP contribution in [0, 0.1) is 0 Å². The lowest BCUT2D eigenvalue weighted by atomic mass is 10.2. The van der Waals surface area contributed by atoms with E-state index in [0.29, 0.717) is 11.6 Å². The van der Waals surface area contributed by atoms with Gasteiger partial charge in [-0.25, -0.2) is 21.8 Å². The van der Waals surface area contributed by atoms with Crippen molar-refractivity contribution in [3.8, 4) is 0 Å². The fraction of sp³-hybridized carbons (Fsp3) is 0.167. The highest BCUT2D eigenvalue weighted by Crippen LogP contribution is 2.37. The maximum absolute atomic E-state index is 13.1. The maximum Gasteiger partial charge on any atom is 0.226 e. The van der Waals surface area contributed by atoms with Crippen LogP contribution in [-0.2, 0) is 26.2 Å². The Morgan fingerprint density at radius 2 is 1.61 bits per heavy atom. The minimum Gasteiger partial charge on any atom is -0.360 e. The van der Waals surface area contributed by atoms with Crippen LogP contribution in [0.3, 0.4) is 0 Å². The molecule has 0 spiro atoms. The van der Waals surface area contributed by atoms with Gasteiger partial charge in [0.2, 0.25) is 24.0 Å². The zero-order chi connectivity index (χ0) is 20.5. The van der Waals surface area contributed by atoms with Crippen molar-refractivity contribution in [2.75, 3.05) is 18.2 Å². The second-order valence-corrected chi connectivity index (χ2v) is 11.6. The Bertz CT molecular complexity index is 1190. The first-order valence-electron chi connectivity index (χ1n) is 8.05. The van der Waals surface area contributed by atoms with Gasteiger partial charge in [-0.15, -0.1) is 0 Å². The molecule has 0 aliphatic carbocycles. The fourth-order valence-electron chi connectivity index (χ4n) is 2.51. The Morgan fingerprint density at radius 3 is 2.18 bits per heavy atom. The molecule has 3 aromatic rings. The van der Waals surface area contributed by atoms with Crippen LogP contribution in [0.4, 0.5) is 5.00 Å². The van der Waals surface area contributed by atoms with E-state index in [4.69, 9.17) is 11.6 Å². The number of aromatic nitrogens is 1. The van der Waals surface area contributed by atoms with Crippen LogP contribution in [0.5, 0.6) is 0 Å². The molecule has 0 unspecified atom stereocenters. The average molecular weight is 457 g/mol. The largest absolute Gasteiger partial charge is 0.360 e. The summed E-state index contributed by atoms with van der Waals surface area (Å²) in [5, 5.41) is 0.383. The molecular formula is C18H17ClN2O4S3. The van der Waals surface area contributed by atoms with Gasteiger partial charge in [-0.2, -0.15) is 0 Å². The first-order valence-corrected chi connectivity index (χ1v) is 12.6. The minimum atomic E-state index is -4.03. The third kappa shape index (κ3) is 4.38. The quantitative estimate of drug-likeness (QED) is 0.562. The number of anilines is 1. The van der Waals surface area contributed by atoms with E-state index in [-0.39, 0.29) is 19.3 Å². The standard InChI is InChI=1S/C18H17ClN2O4S3/c1-21(12-13-6-4-3-5-7-13)17-16(20-18(26-17)27(2,22)23)28(24,25)15-10-8-14(19)9-11-15/h3-11H,12H2,1-2H3. The molecule has 0 N–H and O–H groups in total. The van der Waals surface area contributed by atoms with E-state index >= 15 is 0 Å². The molecule has 1 aromatic heterocycles. The molecule has 1 heterocycles. The number of halogens is 1. The third-order valence-electron chi connectivity index (χ3n) is 3.86. The van der Waals surface area contributed by atoms with Crippen LogP contribution in [0.1, 0.15) is 5.56 Å². The van der Waals surface area contributed by atoms with Gasteiger partial charge < -0.3 is 4.90 Å². The van der Waals surface area contributed by atoms with Crippen LogP contribution in [0.2, 0.25) is 5.02 Å². The lowest BCUT2D eigenvalue weighted by Crippen LogP contribution is -2.18. The summed E-state index contributed by atoms with van der Waals surface area (Å²) in [7, 11) is -5.99. The molecule has 0 aliphatic rings. The molecular weight excluding hydrogens is 440 g/mol. The Hall–Kier alpha value is -1.94. The molecule has 0 amide bonds. The molecule has 3 rings (SSSR count). The predicted molar refractivity (Wildman–Crippen MR) is 111 cm³/mol. The number of benzene rings is 2. The lowest BCUT2D eigenvalue weighted by Gasteiger charge is -2.18. The monoisotopic (exact) mass is 456 g/mol. The van der Waals surface area contributed by atoms with Crippen LogP contribution >= 0.6 is 22.9 Å². The predicted octanol–water partition coefficient (Wildman–Crippen LogP) is 3.67. The Labute approximate surface area is 173 Å². The Morgan fingerprint density at radius 1 is 1.00 bits per heavy atom. The van der Waals surface area contributed by atoms with Crippen molar-refractivity contribution in [2.45, 2.75) is 20.8 Å². The summed E-state index contributed by atoms with van der Waals surface area (Å²) in [5.41, 5.74) is 0.953. The van der Waals surface area contributed by atoms with Gasteiger partial charge in [0, 0.05) is 24.9 Å². The van der Waals surface area contributed by atoms with E-state index in [0.717, 1.165) is 23.2 Å². The minimum absolute atomic E-state index is 0.00314. The molecule has 0 saturated heterocycles. The first kappa shape index (κ1) is 20.8. The summed E-state index contributed by atoms with van der Waals surface area (Å²) in [6, 6.07) is 15.1. The van der Waals surface area contributed by atoms with Crippen LogP contribution < -0.4 is 4.90 Å². The second kappa shape index (κ2) is 7.82. The van der Waals surface area contributed by atoms with Crippen molar-refractivity contribution in [1.29, 1.82) is 0 Å². The van der Waals surface area contributed by atoms with Crippen LogP contribution in [-0.4, -0.2) is 35.1 Å². The summed E-state index contributed by atoms with van der Waals surface area (Å²) in [4.78, 5) is 5.66. The number of rotatable bonds is 6. The molecule has 0 saturated carbocycles. The summed E-state index contributed by atoms with van der Waals surface area (Å²) in [6.07, 6.45) is 1.01. The van der Waals surface area contributed by atoms with Crippen LogP contribution in [0.15, 0.2) is 68.9 Å². The van der Waals surface area contributed by atoms with Gasteiger partial charge in [0.25, 0.3) is 0 Å². The van der Waals surface area contributed by atoms with Gasteiger partial charge >= 0.3 is 0 Å². The molecule has 0 bridgehead atoms. The van der Waals surface area contributed by atoms with Gasteiger partial charge in [-0.05, 0) is 29.8 Å². The molecule has 0 aliphatic heterocycles.